The number of aliphatic hydroxyl groups excluding tert-OH is 2. The van der Waals surface area contributed by atoms with Gasteiger partial charge >= 0.3 is 5.97 Å². The highest BCUT2D eigenvalue weighted by Crippen LogP contribution is 2.39. The van der Waals surface area contributed by atoms with Crippen LogP contribution < -0.4 is 5.32 Å². The third kappa shape index (κ3) is 9.95. The summed E-state index contributed by atoms with van der Waals surface area (Å²) in [6.07, 6.45) is 4.03. The number of carbonyl (C=O) groups excluding carboxylic acids is 1. The molecule has 246 valence electrons. The van der Waals surface area contributed by atoms with Gasteiger partial charge in [-0.1, -0.05) is 73.5 Å². The molecule has 1 amide bonds. The summed E-state index contributed by atoms with van der Waals surface area (Å²) in [5.41, 5.74) is 5.87. The number of carboxylic acid groups (broad SMARTS) is 1. The van der Waals surface area contributed by atoms with Crippen molar-refractivity contribution < 1.29 is 34.4 Å². The van der Waals surface area contributed by atoms with E-state index in [2.05, 4.69) is 34.5 Å². The Morgan fingerprint density at radius 1 is 0.848 bits per heavy atom. The number of carbonyl (C=O) groups is 2. The molecular weight excluding hydrogens is 584 g/mol. The Morgan fingerprint density at radius 3 is 2.30 bits per heavy atom. The second-order valence-electron chi connectivity index (χ2n) is 12.5. The minimum atomic E-state index is -0.777. The first-order valence-corrected chi connectivity index (χ1v) is 16.4. The number of nitrogens with one attached hydrogen (secondary N) is 1. The molecule has 3 aromatic carbocycles. The molecule has 0 aliphatic carbocycles. The van der Waals surface area contributed by atoms with Gasteiger partial charge in [-0.15, -0.1) is 0 Å². The predicted octanol–water partition coefficient (Wildman–Crippen LogP) is 5.50. The first kappa shape index (κ1) is 33.8. The topological polar surface area (TPSA) is 129 Å². The number of carboxylic acids is 1. The van der Waals surface area contributed by atoms with Crippen LogP contribution in [0.4, 0.5) is 0 Å². The third-order valence-electron chi connectivity index (χ3n) is 8.78. The Bertz CT molecular complexity index is 1430. The Balaban J connectivity index is 1.23. The normalized spacial score (nSPS) is 21.7. The highest BCUT2D eigenvalue weighted by molar-refractivity contribution is 5.76. The molecule has 0 radical (unpaired) electrons. The number of amides is 1. The number of unbranched alkanes of at least 4 members (excludes halogenated alkanes) is 3. The minimum Gasteiger partial charge on any atom is -0.481 e. The number of hydrogen-bond donors (Lipinski definition) is 4. The van der Waals surface area contributed by atoms with Gasteiger partial charge in [-0.2, -0.15) is 0 Å². The predicted molar refractivity (Wildman–Crippen MR) is 175 cm³/mol. The molecule has 9 nitrogen and oxygen atoms in total. The fraction of sp³-hybridized carbons (Fsp3) is 0.459. The molecule has 5 rings (SSSR count). The van der Waals surface area contributed by atoms with Gasteiger partial charge in [0, 0.05) is 51.0 Å². The lowest BCUT2D eigenvalue weighted by Gasteiger charge is -2.38. The molecule has 2 aliphatic heterocycles. The quantitative estimate of drug-likeness (QED) is 0.162. The van der Waals surface area contributed by atoms with Crippen LogP contribution in [0.15, 0.2) is 72.8 Å². The third-order valence-corrected chi connectivity index (χ3v) is 8.78. The standard InChI is InChI=1S/C37H46N2O7/c40-25-26-13-15-28(16-14-26)34-21-33(24-39-18-17-32(41)23-39)45-37(46-34)31-10-6-9-30(20-31)29-8-5-7-27(19-29)22-38-35(42)11-3-1-2-4-12-36(43)44/h5-10,13-16,19-20,32-34,37,40-41H,1-4,11-12,17-18,21-25H2,(H,38,42)(H,43,44). The highest BCUT2D eigenvalue weighted by Gasteiger charge is 2.34. The number of aliphatic hydroxyl groups is 2. The Hall–Kier alpha value is -3.60. The average Bonchev–Trinajstić information content (AvgIpc) is 3.49. The van der Waals surface area contributed by atoms with Gasteiger partial charge in [-0.05, 0) is 59.2 Å². The summed E-state index contributed by atoms with van der Waals surface area (Å²) in [6, 6.07) is 24.2. The van der Waals surface area contributed by atoms with E-state index in [-0.39, 0.29) is 37.2 Å². The lowest BCUT2D eigenvalue weighted by molar-refractivity contribution is -0.252. The van der Waals surface area contributed by atoms with Crippen molar-refractivity contribution in [2.24, 2.45) is 0 Å². The van der Waals surface area contributed by atoms with Crippen LogP contribution in [0, 0.1) is 0 Å². The van der Waals surface area contributed by atoms with Crippen molar-refractivity contribution in [3.05, 3.63) is 95.1 Å². The van der Waals surface area contributed by atoms with Gasteiger partial charge in [0.15, 0.2) is 6.29 Å². The molecule has 0 aromatic heterocycles. The molecule has 2 fully saturated rings. The first-order valence-electron chi connectivity index (χ1n) is 16.4. The largest absolute Gasteiger partial charge is 0.481 e. The fourth-order valence-corrected chi connectivity index (χ4v) is 6.23. The van der Waals surface area contributed by atoms with Crippen LogP contribution in [-0.2, 0) is 32.2 Å². The van der Waals surface area contributed by atoms with Gasteiger partial charge in [-0.25, -0.2) is 0 Å². The number of ether oxygens (including phenoxy) is 2. The van der Waals surface area contributed by atoms with Crippen molar-refractivity contribution in [3.63, 3.8) is 0 Å². The SMILES string of the molecule is O=C(O)CCCCCCC(=O)NCc1cccc(-c2cccc(C3OC(CN4CCC(O)C4)CC(c4ccc(CO)cc4)O3)c2)c1. The Kier molecular flexibility index (Phi) is 12.3. The van der Waals surface area contributed by atoms with E-state index in [9.17, 15) is 19.8 Å². The van der Waals surface area contributed by atoms with Crippen LogP contribution >= 0.6 is 0 Å². The summed E-state index contributed by atoms with van der Waals surface area (Å²) >= 11 is 0. The summed E-state index contributed by atoms with van der Waals surface area (Å²) in [4.78, 5) is 25.3. The zero-order valence-electron chi connectivity index (χ0n) is 26.4. The van der Waals surface area contributed by atoms with Crippen LogP contribution in [0.25, 0.3) is 11.1 Å². The van der Waals surface area contributed by atoms with E-state index in [1.54, 1.807) is 0 Å². The molecule has 46 heavy (non-hydrogen) atoms. The van der Waals surface area contributed by atoms with Crippen LogP contribution in [-0.4, -0.2) is 63.9 Å². The van der Waals surface area contributed by atoms with Gasteiger partial charge in [0.05, 0.1) is 24.9 Å². The molecule has 0 spiro atoms. The van der Waals surface area contributed by atoms with Gasteiger partial charge < -0.3 is 30.1 Å². The van der Waals surface area contributed by atoms with Crippen LogP contribution in [0.2, 0.25) is 0 Å². The summed E-state index contributed by atoms with van der Waals surface area (Å²) in [6.45, 7) is 2.66. The van der Waals surface area contributed by atoms with Crippen LogP contribution in [0.1, 0.15) is 86.0 Å². The van der Waals surface area contributed by atoms with E-state index < -0.39 is 12.3 Å². The molecular formula is C37H46N2O7. The van der Waals surface area contributed by atoms with Gasteiger partial charge in [0.25, 0.3) is 0 Å². The van der Waals surface area contributed by atoms with Crippen molar-refractivity contribution in [3.8, 4) is 11.1 Å². The maximum Gasteiger partial charge on any atom is 0.303 e. The number of aliphatic carboxylic acids is 1. The maximum atomic E-state index is 12.4. The van der Waals surface area contributed by atoms with E-state index in [4.69, 9.17) is 14.6 Å². The van der Waals surface area contributed by atoms with Crippen molar-refractivity contribution in [1.82, 2.24) is 10.2 Å². The monoisotopic (exact) mass is 630 g/mol. The smallest absolute Gasteiger partial charge is 0.303 e. The molecule has 2 aliphatic rings. The number of rotatable bonds is 15. The summed E-state index contributed by atoms with van der Waals surface area (Å²) in [5.74, 6) is -0.780. The second-order valence-corrected chi connectivity index (χ2v) is 12.5. The van der Waals surface area contributed by atoms with E-state index in [0.717, 1.165) is 72.2 Å². The zero-order valence-corrected chi connectivity index (χ0v) is 26.4. The average molecular weight is 631 g/mol. The van der Waals surface area contributed by atoms with Crippen molar-refractivity contribution >= 4 is 11.9 Å². The summed E-state index contributed by atoms with van der Waals surface area (Å²) in [5, 5.41) is 31.3. The van der Waals surface area contributed by atoms with E-state index in [0.29, 0.717) is 32.4 Å². The van der Waals surface area contributed by atoms with Crippen molar-refractivity contribution in [1.29, 1.82) is 0 Å². The first-order chi connectivity index (χ1) is 22.4. The number of β-amino-alcohol motifs (C(OH)–C–C–N with tert-alkyl or cyclic N) is 1. The lowest BCUT2D eigenvalue weighted by atomic mass is 9.98. The van der Waals surface area contributed by atoms with Gasteiger partial charge in [0.1, 0.15) is 0 Å². The summed E-state index contributed by atoms with van der Waals surface area (Å²) in [7, 11) is 0. The summed E-state index contributed by atoms with van der Waals surface area (Å²) < 4.78 is 13.1. The van der Waals surface area contributed by atoms with Crippen molar-refractivity contribution in [2.75, 3.05) is 19.6 Å². The lowest BCUT2D eigenvalue weighted by Crippen LogP contribution is -2.38. The number of likely N-dealkylation sites (tertiary alicyclic amines) is 1. The number of nitrogens with zero attached hydrogens (tertiary/aromatic N) is 1. The molecule has 3 aromatic rings. The Labute approximate surface area is 271 Å². The molecule has 0 saturated carbocycles. The number of hydrogen-bond acceptors (Lipinski definition) is 7. The van der Waals surface area contributed by atoms with Crippen LogP contribution in [0.5, 0.6) is 0 Å². The number of benzene rings is 3. The molecule has 4 N–H and O–H groups in total. The fourth-order valence-electron chi connectivity index (χ4n) is 6.23. The van der Waals surface area contributed by atoms with Crippen LogP contribution in [0.3, 0.4) is 0 Å². The molecule has 9 heteroatoms. The van der Waals surface area contributed by atoms with Gasteiger partial charge in [0.2, 0.25) is 5.91 Å². The Morgan fingerprint density at radius 2 is 1.59 bits per heavy atom. The van der Waals surface area contributed by atoms with E-state index >= 15 is 0 Å². The van der Waals surface area contributed by atoms with Crippen molar-refractivity contribution in [2.45, 2.75) is 89.1 Å². The molecule has 2 heterocycles. The van der Waals surface area contributed by atoms with Gasteiger partial charge in [-0.3, -0.25) is 14.5 Å². The molecule has 2 saturated heterocycles. The van der Waals surface area contributed by atoms with E-state index in [1.165, 1.54) is 0 Å². The zero-order chi connectivity index (χ0) is 32.3. The highest BCUT2D eigenvalue weighted by atomic mass is 16.7. The minimum absolute atomic E-state index is 0.00391. The molecule has 0 bridgehead atoms. The molecule has 4 atom stereocenters. The maximum absolute atomic E-state index is 12.4. The molecule has 4 unspecified atom stereocenters. The van der Waals surface area contributed by atoms with E-state index in [1.807, 2.05) is 48.5 Å². The second kappa shape index (κ2) is 16.8.